The summed E-state index contributed by atoms with van der Waals surface area (Å²) >= 11 is 0. The van der Waals surface area contributed by atoms with Crippen molar-refractivity contribution in [2.24, 2.45) is 0 Å². The Kier molecular flexibility index (Phi) is 4.70. The number of carbonyl (C=O) groups excluding carboxylic acids is 2. The van der Waals surface area contributed by atoms with E-state index < -0.39 is 34.7 Å². The first-order chi connectivity index (χ1) is 9.64. The number of hydrogen-bond acceptors (Lipinski definition) is 2. The van der Waals surface area contributed by atoms with Gasteiger partial charge in [0.2, 0.25) is 17.5 Å². The fraction of sp³-hybridized carbons (Fsp3) is 0.267. The monoisotopic (exact) mass is 315 g/mol. The van der Waals surface area contributed by atoms with E-state index in [4.69, 9.17) is 0 Å². The van der Waals surface area contributed by atoms with Crippen LogP contribution in [-0.4, -0.2) is 11.6 Å². The summed E-state index contributed by atoms with van der Waals surface area (Å²) in [5.74, 6) is -8.71. The van der Waals surface area contributed by atoms with Gasteiger partial charge in [-0.15, -0.1) is 0 Å². The van der Waals surface area contributed by atoms with Gasteiger partial charge >= 0.3 is 5.70 Å². The lowest BCUT2D eigenvalue weighted by atomic mass is 9.88. The zero-order valence-electron chi connectivity index (χ0n) is 12.1. The van der Waals surface area contributed by atoms with Gasteiger partial charge in [0.25, 0.3) is 11.6 Å². The normalized spacial score (nSPS) is 16.1. The minimum atomic E-state index is -1.99. The van der Waals surface area contributed by atoms with Crippen LogP contribution in [0.25, 0.3) is 5.70 Å². The van der Waals surface area contributed by atoms with Gasteiger partial charge in [0.1, 0.15) is 0 Å². The lowest BCUT2D eigenvalue weighted by Crippen LogP contribution is -3.00. The summed E-state index contributed by atoms with van der Waals surface area (Å²) in [5.41, 5.74) is -0.0914. The molecule has 0 amide bonds. The molecule has 1 heterocycles. The molecule has 0 radical (unpaired) electrons. The molecular formula is C15H13F4NO2. The highest BCUT2D eigenvalue weighted by Crippen LogP contribution is 2.27. The SMILES string of the molecule is CC(C)(C)c1cc[n+](C2=C(F)C(=O)C(F)=C(F)C2=O)cc1.[F-]. The summed E-state index contributed by atoms with van der Waals surface area (Å²) in [5, 5.41) is 0. The number of ketones is 2. The van der Waals surface area contributed by atoms with Gasteiger partial charge in [-0.25, -0.2) is 0 Å². The van der Waals surface area contributed by atoms with Gasteiger partial charge in [0, 0.05) is 12.1 Å². The van der Waals surface area contributed by atoms with Crippen LogP contribution in [0.1, 0.15) is 26.3 Å². The number of carbonyl (C=O) groups is 2. The Labute approximate surface area is 124 Å². The van der Waals surface area contributed by atoms with E-state index in [1.54, 1.807) is 12.1 Å². The molecule has 22 heavy (non-hydrogen) atoms. The van der Waals surface area contributed by atoms with Crippen molar-refractivity contribution in [3.05, 3.63) is 47.6 Å². The second kappa shape index (κ2) is 5.82. The molecule has 0 aromatic carbocycles. The third-order valence-corrected chi connectivity index (χ3v) is 3.17. The van der Waals surface area contributed by atoms with Crippen molar-refractivity contribution >= 4 is 17.3 Å². The molecule has 2 rings (SSSR count). The number of hydrogen-bond donors (Lipinski definition) is 0. The predicted molar refractivity (Wildman–Crippen MR) is 68.9 cm³/mol. The number of pyridine rings is 1. The van der Waals surface area contributed by atoms with Crippen molar-refractivity contribution in [3.63, 3.8) is 0 Å². The van der Waals surface area contributed by atoms with Crippen LogP contribution in [0.3, 0.4) is 0 Å². The van der Waals surface area contributed by atoms with Crippen molar-refractivity contribution in [1.82, 2.24) is 0 Å². The second-order valence-corrected chi connectivity index (χ2v) is 5.69. The van der Waals surface area contributed by atoms with E-state index in [9.17, 15) is 22.8 Å². The Hall–Kier alpha value is -2.31. The lowest BCUT2D eigenvalue weighted by Gasteiger charge is -2.17. The zero-order chi connectivity index (χ0) is 15.9. The first-order valence-electron chi connectivity index (χ1n) is 6.21. The van der Waals surface area contributed by atoms with Gasteiger partial charge in [-0.2, -0.15) is 17.7 Å². The smallest absolute Gasteiger partial charge is 0.301 e. The summed E-state index contributed by atoms with van der Waals surface area (Å²) < 4.78 is 41.1. The Balaban J connectivity index is 0.00000242. The number of allylic oxidation sites excluding steroid dienone is 4. The van der Waals surface area contributed by atoms with E-state index in [1.165, 1.54) is 12.4 Å². The Morgan fingerprint density at radius 3 is 1.77 bits per heavy atom. The van der Waals surface area contributed by atoms with Crippen molar-refractivity contribution in [3.8, 4) is 0 Å². The average Bonchev–Trinajstić information content (AvgIpc) is 2.43. The molecule has 0 N–H and O–H groups in total. The standard InChI is InChI=1S/C15H13F3NO2.FH/c1-15(2,3)8-4-6-19(7-5-8)12-11(18)13(20)9(16)10(17)14(12)21;/h4-7H,1-3H3;1H/q+1;/p-1. The summed E-state index contributed by atoms with van der Waals surface area (Å²) in [6.45, 7) is 5.87. The maximum Gasteiger partial charge on any atom is 0.301 e. The van der Waals surface area contributed by atoms with Gasteiger partial charge < -0.3 is 4.70 Å². The number of rotatable bonds is 1. The largest absolute Gasteiger partial charge is 1.00 e. The molecule has 0 atom stereocenters. The van der Waals surface area contributed by atoms with Gasteiger partial charge in [-0.05, 0) is 11.0 Å². The molecule has 118 valence electrons. The number of Topliss-reactive ketones (excluding diaryl/α,β-unsaturated/α-hetero) is 2. The van der Waals surface area contributed by atoms with Crippen LogP contribution in [0.15, 0.2) is 42.0 Å². The van der Waals surface area contributed by atoms with Crippen molar-refractivity contribution in [1.29, 1.82) is 0 Å². The van der Waals surface area contributed by atoms with Crippen LogP contribution in [0.4, 0.5) is 13.2 Å². The molecule has 1 aliphatic rings. The molecule has 0 saturated heterocycles. The number of halogens is 4. The van der Waals surface area contributed by atoms with E-state index in [0.29, 0.717) is 0 Å². The fourth-order valence-electron chi connectivity index (χ4n) is 1.91. The molecule has 0 spiro atoms. The second-order valence-electron chi connectivity index (χ2n) is 5.69. The van der Waals surface area contributed by atoms with Crippen LogP contribution in [0.5, 0.6) is 0 Å². The molecule has 0 bridgehead atoms. The molecule has 0 aliphatic heterocycles. The van der Waals surface area contributed by atoms with Gasteiger partial charge in [0.15, 0.2) is 12.4 Å². The Bertz CT molecular complexity index is 697. The first-order valence-corrected chi connectivity index (χ1v) is 6.21. The summed E-state index contributed by atoms with van der Waals surface area (Å²) in [4.78, 5) is 22.8. The van der Waals surface area contributed by atoms with Crippen LogP contribution in [-0.2, 0) is 15.0 Å². The Morgan fingerprint density at radius 1 is 0.864 bits per heavy atom. The van der Waals surface area contributed by atoms with Crippen LogP contribution >= 0.6 is 0 Å². The van der Waals surface area contributed by atoms with Crippen LogP contribution in [0, 0.1) is 0 Å². The predicted octanol–water partition coefficient (Wildman–Crippen LogP) is -0.284. The minimum absolute atomic E-state index is 0. The number of aromatic nitrogens is 1. The molecule has 0 unspecified atom stereocenters. The summed E-state index contributed by atoms with van der Waals surface area (Å²) in [7, 11) is 0. The maximum atomic E-state index is 13.8. The van der Waals surface area contributed by atoms with E-state index in [1.807, 2.05) is 20.8 Å². The molecule has 0 saturated carbocycles. The Morgan fingerprint density at radius 2 is 1.32 bits per heavy atom. The third-order valence-electron chi connectivity index (χ3n) is 3.17. The molecule has 1 aromatic rings. The van der Waals surface area contributed by atoms with Crippen molar-refractivity contribution in [2.75, 3.05) is 0 Å². The van der Waals surface area contributed by atoms with Crippen LogP contribution < -0.4 is 9.27 Å². The van der Waals surface area contributed by atoms with Crippen LogP contribution in [0.2, 0.25) is 0 Å². The van der Waals surface area contributed by atoms with E-state index in [0.717, 1.165) is 10.1 Å². The molecular weight excluding hydrogens is 302 g/mol. The molecule has 3 nitrogen and oxygen atoms in total. The number of nitrogens with zero attached hydrogens (tertiary/aromatic N) is 1. The minimum Gasteiger partial charge on any atom is -1.00 e. The van der Waals surface area contributed by atoms with Gasteiger partial charge in [0.05, 0.1) is 0 Å². The van der Waals surface area contributed by atoms with E-state index >= 15 is 0 Å². The van der Waals surface area contributed by atoms with Crippen molar-refractivity contribution < 1.29 is 32.0 Å². The first kappa shape index (κ1) is 17.7. The fourth-order valence-corrected chi connectivity index (χ4v) is 1.91. The highest BCUT2D eigenvalue weighted by Gasteiger charge is 2.42. The molecule has 1 aromatic heterocycles. The highest BCUT2D eigenvalue weighted by molar-refractivity contribution is 6.32. The highest BCUT2D eigenvalue weighted by atomic mass is 19.2. The maximum absolute atomic E-state index is 13.8. The third kappa shape index (κ3) is 2.84. The van der Waals surface area contributed by atoms with Gasteiger partial charge in [-0.3, -0.25) is 9.59 Å². The lowest BCUT2D eigenvalue weighted by molar-refractivity contribution is -0.578. The molecule has 1 aliphatic carbocycles. The summed E-state index contributed by atoms with van der Waals surface area (Å²) in [6.07, 6.45) is 2.66. The quantitative estimate of drug-likeness (QED) is 0.406. The van der Waals surface area contributed by atoms with Crippen molar-refractivity contribution in [2.45, 2.75) is 26.2 Å². The topological polar surface area (TPSA) is 38.0 Å². The average molecular weight is 315 g/mol. The summed E-state index contributed by atoms with van der Waals surface area (Å²) in [6, 6.07) is 3.23. The van der Waals surface area contributed by atoms with E-state index in [-0.39, 0.29) is 10.1 Å². The molecule has 0 fully saturated rings. The molecule has 7 heteroatoms. The zero-order valence-corrected chi connectivity index (χ0v) is 12.1. The van der Waals surface area contributed by atoms with E-state index in [2.05, 4.69) is 0 Å². The van der Waals surface area contributed by atoms with Gasteiger partial charge in [-0.1, -0.05) is 20.8 Å².